The highest BCUT2D eigenvalue weighted by Gasteiger charge is 2.17. The second-order valence-corrected chi connectivity index (χ2v) is 6.22. The lowest BCUT2D eigenvalue weighted by Crippen LogP contribution is -2.28. The fraction of sp³-hybridized carbons (Fsp3) is 0.333. The Balaban J connectivity index is 1.73. The molecular formula is C18H20ClN3O. The van der Waals surface area contributed by atoms with E-state index in [1.165, 1.54) is 12.8 Å². The van der Waals surface area contributed by atoms with E-state index in [4.69, 9.17) is 11.6 Å². The molecule has 23 heavy (non-hydrogen) atoms. The van der Waals surface area contributed by atoms with Crippen LogP contribution in [0.15, 0.2) is 42.6 Å². The highest BCUT2D eigenvalue weighted by molar-refractivity contribution is 6.31. The van der Waals surface area contributed by atoms with Crippen LogP contribution in [0.4, 0.5) is 5.69 Å². The number of anilines is 1. The molecule has 1 aliphatic heterocycles. The molecule has 2 heterocycles. The molecule has 1 N–H and O–H groups in total. The minimum absolute atomic E-state index is 0.173. The first-order valence-corrected chi connectivity index (χ1v) is 8.29. The molecule has 1 aliphatic rings. The average Bonchev–Trinajstić information content (AvgIpc) is 3.10. The summed E-state index contributed by atoms with van der Waals surface area (Å²) >= 11 is 6.19. The molecule has 120 valence electrons. The molecule has 0 aliphatic carbocycles. The summed E-state index contributed by atoms with van der Waals surface area (Å²) in [7, 11) is 0. The monoisotopic (exact) mass is 329 g/mol. The maximum Gasteiger partial charge on any atom is 0.270 e. The molecule has 0 radical (unpaired) electrons. The number of rotatable bonds is 4. The number of aromatic nitrogens is 1. The second kappa shape index (κ2) is 7.01. The predicted molar refractivity (Wildman–Crippen MR) is 93.0 cm³/mol. The van der Waals surface area contributed by atoms with E-state index in [1.807, 2.05) is 43.3 Å². The van der Waals surface area contributed by atoms with Crippen molar-refractivity contribution in [3.8, 4) is 0 Å². The van der Waals surface area contributed by atoms with Crippen LogP contribution >= 0.6 is 11.6 Å². The number of nitrogens with zero attached hydrogens (tertiary/aromatic N) is 2. The first-order chi connectivity index (χ1) is 11.1. The first kappa shape index (κ1) is 15.8. The summed E-state index contributed by atoms with van der Waals surface area (Å²) in [5.74, 6) is -0.182. The van der Waals surface area contributed by atoms with Gasteiger partial charge in [-0.05, 0) is 43.5 Å². The summed E-state index contributed by atoms with van der Waals surface area (Å²) < 4.78 is 0. The summed E-state index contributed by atoms with van der Waals surface area (Å²) in [6.07, 6.45) is 4.10. The van der Waals surface area contributed by atoms with Crippen LogP contribution < -0.4 is 10.2 Å². The summed E-state index contributed by atoms with van der Waals surface area (Å²) in [6, 6.07) is 11.2. The van der Waals surface area contributed by atoms with Crippen LogP contribution in [-0.4, -0.2) is 24.0 Å². The molecule has 1 unspecified atom stereocenters. The fourth-order valence-electron chi connectivity index (χ4n) is 2.89. The van der Waals surface area contributed by atoms with Gasteiger partial charge in [0.05, 0.1) is 6.04 Å². The molecule has 3 rings (SSSR count). The molecular weight excluding hydrogens is 310 g/mol. The zero-order chi connectivity index (χ0) is 16.2. The third-order valence-electron chi connectivity index (χ3n) is 4.17. The Morgan fingerprint density at radius 1 is 1.26 bits per heavy atom. The van der Waals surface area contributed by atoms with Gasteiger partial charge in [-0.2, -0.15) is 0 Å². The van der Waals surface area contributed by atoms with E-state index < -0.39 is 0 Å². The van der Waals surface area contributed by atoms with E-state index in [0.29, 0.717) is 10.7 Å². The van der Waals surface area contributed by atoms with Crippen LogP contribution in [0.3, 0.4) is 0 Å². The molecule has 1 saturated heterocycles. The quantitative estimate of drug-likeness (QED) is 0.927. The summed E-state index contributed by atoms with van der Waals surface area (Å²) in [5.41, 5.74) is 2.40. The topological polar surface area (TPSA) is 45.2 Å². The van der Waals surface area contributed by atoms with Gasteiger partial charge in [-0.25, -0.2) is 0 Å². The predicted octanol–water partition coefficient (Wildman–Crippen LogP) is 3.83. The number of nitrogens with one attached hydrogen (secondary N) is 1. The van der Waals surface area contributed by atoms with Crippen molar-refractivity contribution in [2.24, 2.45) is 0 Å². The van der Waals surface area contributed by atoms with Crippen LogP contribution in [0.1, 0.15) is 41.9 Å². The van der Waals surface area contributed by atoms with Crippen LogP contribution in [0, 0.1) is 0 Å². The lowest BCUT2D eigenvalue weighted by atomic mass is 10.1. The molecule has 1 atom stereocenters. The lowest BCUT2D eigenvalue weighted by Gasteiger charge is -2.19. The Bertz CT molecular complexity index is 698. The van der Waals surface area contributed by atoms with E-state index in [9.17, 15) is 4.79 Å². The van der Waals surface area contributed by atoms with Gasteiger partial charge < -0.3 is 10.2 Å². The van der Waals surface area contributed by atoms with Gasteiger partial charge in [-0.3, -0.25) is 9.78 Å². The third kappa shape index (κ3) is 3.64. The molecule has 0 bridgehead atoms. The minimum atomic E-state index is -0.182. The highest BCUT2D eigenvalue weighted by Crippen LogP contribution is 2.23. The molecule has 4 nitrogen and oxygen atoms in total. The number of amides is 1. The van der Waals surface area contributed by atoms with Crippen molar-refractivity contribution in [1.82, 2.24) is 10.3 Å². The number of hydrogen-bond acceptors (Lipinski definition) is 3. The standard InChI is InChI=1S/C18H20ClN3O/c1-13(15-6-2-3-7-16(15)19)21-18(23)17-12-14(8-9-20-17)22-10-4-5-11-22/h2-3,6-9,12-13H,4-5,10-11H2,1H3,(H,21,23). The van der Waals surface area contributed by atoms with Gasteiger partial charge >= 0.3 is 0 Å². The number of pyridine rings is 1. The zero-order valence-electron chi connectivity index (χ0n) is 13.1. The highest BCUT2D eigenvalue weighted by atomic mass is 35.5. The van der Waals surface area contributed by atoms with Crippen LogP contribution in [0.25, 0.3) is 0 Å². The molecule has 1 aromatic heterocycles. The van der Waals surface area contributed by atoms with Gasteiger partial charge in [0.15, 0.2) is 0 Å². The van der Waals surface area contributed by atoms with Crippen molar-refractivity contribution in [3.05, 3.63) is 58.9 Å². The number of carbonyl (C=O) groups is 1. The summed E-state index contributed by atoms with van der Waals surface area (Å²) in [6.45, 7) is 4.01. The van der Waals surface area contributed by atoms with Crippen molar-refractivity contribution in [1.29, 1.82) is 0 Å². The summed E-state index contributed by atoms with van der Waals surface area (Å²) in [4.78, 5) is 19.0. The maximum atomic E-state index is 12.5. The molecule has 0 saturated carbocycles. The van der Waals surface area contributed by atoms with Crippen LogP contribution in [0.2, 0.25) is 5.02 Å². The van der Waals surface area contributed by atoms with Crippen LogP contribution in [0.5, 0.6) is 0 Å². The van der Waals surface area contributed by atoms with E-state index in [1.54, 1.807) is 6.20 Å². The smallest absolute Gasteiger partial charge is 0.270 e. The minimum Gasteiger partial charge on any atom is -0.371 e. The molecule has 5 heteroatoms. The summed E-state index contributed by atoms with van der Waals surface area (Å²) in [5, 5.41) is 3.62. The van der Waals surface area contributed by atoms with E-state index in [-0.39, 0.29) is 11.9 Å². The van der Waals surface area contributed by atoms with Crippen molar-refractivity contribution in [3.63, 3.8) is 0 Å². The number of hydrogen-bond donors (Lipinski definition) is 1. The lowest BCUT2D eigenvalue weighted by molar-refractivity contribution is 0.0935. The van der Waals surface area contributed by atoms with Crippen molar-refractivity contribution in [2.75, 3.05) is 18.0 Å². The molecule has 1 amide bonds. The van der Waals surface area contributed by atoms with Gasteiger partial charge in [0.1, 0.15) is 5.69 Å². The average molecular weight is 330 g/mol. The van der Waals surface area contributed by atoms with Gasteiger partial charge in [0.2, 0.25) is 0 Å². The largest absolute Gasteiger partial charge is 0.371 e. The Morgan fingerprint density at radius 2 is 2.00 bits per heavy atom. The fourth-order valence-corrected chi connectivity index (χ4v) is 3.19. The van der Waals surface area contributed by atoms with Crippen molar-refractivity contribution in [2.45, 2.75) is 25.8 Å². The normalized spacial score (nSPS) is 15.5. The van der Waals surface area contributed by atoms with Gasteiger partial charge in [-0.1, -0.05) is 29.8 Å². The molecule has 2 aromatic rings. The Hall–Kier alpha value is -2.07. The first-order valence-electron chi connectivity index (χ1n) is 7.91. The number of carbonyl (C=O) groups excluding carboxylic acids is 1. The Labute approximate surface area is 141 Å². The van der Waals surface area contributed by atoms with Crippen LogP contribution in [-0.2, 0) is 0 Å². The third-order valence-corrected chi connectivity index (χ3v) is 4.51. The Morgan fingerprint density at radius 3 is 2.74 bits per heavy atom. The van der Waals surface area contributed by atoms with Crippen molar-refractivity contribution < 1.29 is 4.79 Å². The molecule has 0 spiro atoms. The number of benzene rings is 1. The Kier molecular flexibility index (Phi) is 4.82. The van der Waals surface area contributed by atoms with E-state index in [0.717, 1.165) is 24.3 Å². The maximum absolute atomic E-state index is 12.5. The second-order valence-electron chi connectivity index (χ2n) is 5.81. The zero-order valence-corrected chi connectivity index (χ0v) is 13.9. The number of halogens is 1. The van der Waals surface area contributed by atoms with Gasteiger partial charge in [-0.15, -0.1) is 0 Å². The molecule has 1 aromatic carbocycles. The van der Waals surface area contributed by atoms with Gasteiger partial charge in [0, 0.05) is 30.0 Å². The SMILES string of the molecule is CC(NC(=O)c1cc(N2CCCC2)ccn1)c1ccccc1Cl. The van der Waals surface area contributed by atoms with Crippen molar-refractivity contribution >= 4 is 23.2 Å². The molecule has 1 fully saturated rings. The van der Waals surface area contributed by atoms with Gasteiger partial charge in [0.25, 0.3) is 5.91 Å². The van der Waals surface area contributed by atoms with E-state index >= 15 is 0 Å². The van der Waals surface area contributed by atoms with E-state index in [2.05, 4.69) is 15.2 Å².